The first-order valence-electron chi connectivity index (χ1n) is 7.27. The maximum atomic E-state index is 12.1. The summed E-state index contributed by atoms with van der Waals surface area (Å²) in [4.78, 5) is 18.1. The molecule has 0 N–H and O–H groups in total. The van der Waals surface area contributed by atoms with Crippen LogP contribution in [0.1, 0.15) is 31.2 Å². The first-order chi connectivity index (χ1) is 10.3. The predicted octanol–water partition coefficient (Wildman–Crippen LogP) is 2.33. The summed E-state index contributed by atoms with van der Waals surface area (Å²) in [7, 11) is 0. The number of carbonyl (C=O) groups excluding carboxylic acids is 1. The maximum absolute atomic E-state index is 12.1. The molecule has 0 spiro atoms. The van der Waals surface area contributed by atoms with Gasteiger partial charge in [0.25, 0.3) is 0 Å². The molecule has 0 aromatic carbocycles. The zero-order valence-electron chi connectivity index (χ0n) is 11.9. The summed E-state index contributed by atoms with van der Waals surface area (Å²) in [5.41, 5.74) is 2.00. The lowest BCUT2D eigenvalue weighted by Crippen LogP contribution is -2.36. The molecule has 0 aliphatic carbocycles. The van der Waals surface area contributed by atoms with Crippen LogP contribution in [0.2, 0.25) is 0 Å². The zero-order valence-corrected chi connectivity index (χ0v) is 12.7. The lowest BCUT2D eigenvalue weighted by Gasteiger charge is -2.26. The number of nitrogens with zero attached hydrogens (tertiary/aromatic N) is 4. The van der Waals surface area contributed by atoms with Gasteiger partial charge in [0.15, 0.2) is 0 Å². The highest BCUT2D eigenvalue weighted by atomic mass is 32.2. The molecule has 3 rings (SSSR count). The number of likely N-dealkylation sites (tertiary alicyclic amines) is 1. The third kappa shape index (κ3) is 3.69. The Morgan fingerprint density at radius 2 is 1.90 bits per heavy atom. The first-order valence-corrected chi connectivity index (χ1v) is 8.26. The average Bonchev–Trinajstić information content (AvgIpc) is 3.03. The highest BCUT2D eigenvalue weighted by Crippen LogP contribution is 2.19. The number of hydrogen-bond acceptors (Lipinski definition) is 5. The van der Waals surface area contributed by atoms with Crippen molar-refractivity contribution in [1.82, 2.24) is 9.88 Å². The van der Waals surface area contributed by atoms with Gasteiger partial charge < -0.3 is 4.90 Å². The molecule has 1 amide bonds. The van der Waals surface area contributed by atoms with Crippen molar-refractivity contribution in [3.05, 3.63) is 30.1 Å². The van der Waals surface area contributed by atoms with Crippen molar-refractivity contribution >= 4 is 28.4 Å². The second kappa shape index (κ2) is 6.85. The summed E-state index contributed by atoms with van der Waals surface area (Å²) in [6.07, 6.45) is 7.72. The lowest BCUT2D eigenvalue weighted by molar-refractivity contribution is -0.129. The fourth-order valence-corrected chi connectivity index (χ4v) is 3.30. The average molecular weight is 302 g/mol. The molecule has 0 unspecified atom stereocenters. The molecular weight excluding hydrogens is 284 g/mol. The summed E-state index contributed by atoms with van der Waals surface area (Å²) in [6.45, 7) is 1.81. The molecule has 1 saturated heterocycles. The van der Waals surface area contributed by atoms with E-state index >= 15 is 0 Å². The molecule has 110 valence electrons. The number of piperidine rings is 1. The van der Waals surface area contributed by atoms with Gasteiger partial charge in [0.05, 0.1) is 11.5 Å². The number of aromatic nitrogens is 1. The molecule has 5 nitrogen and oxygen atoms in total. The number of hydrogen-bond donors (Lipinski definition) is 0. The van der Waals surface area contributed by atoms with Crippen LogP contribution in [0.15, 0.2) is 34.7 Å². The molecule has 1 fully saturated rings. The van der Waals surface area contributed by atoms with Gasteiger partial charge in [-0.2, -0.15) is 5.10 Å². The molecule has 0 atom stereocenters. The molecule has 1 aromatic heterocycles. The second-order valence-electron chi connectivity index (χ2n) is 5.18. The summed E-state index contributed by atoms with van der Waals surface area (Å²) in [5.74, 6) is 0.692. The summed E-state index contributed by atoms with van der Waals surface area (Å²) >= 11 is 1.51. The van der Waals surface area contributed by atoms with E-state index < -0.39 is 0 Å². The number of amides is 1. The third-order valence-electron chi connectivity index (χ3n) is 3.69. The molecule has 2 aliphatic heterocycles. The van der Waals surface area contributed by atoms with E-state index in [-0.39, 0.29) is 5.91 Å². The Hall–Kier alpha value is -1.69. The second-order valence-corrected chi connectivity index (χ2v) is 6.23. The normalized spacial score (nSPS) is 18.4. The van der Waals surface area contributed by atoms with Crippen LogP contribution in [-0.2, 0) is 4.79 Å². The molecule has 6 heteroatoms. The van der Waals surface area contributed by atoms with E-state index in [2.05, 4.69) is 15.2 Å². The number of rotatable bonds is 3. The SMILES string of the molecule is O=C(CSC1=NN=C(c2ccncc2)C1)N1CCCCC1. The van der Waals surface area contributed by atoms with Gasteiger partial charge in [-0.05, 0) is 31.4 Å². The summed E-state index contributed by atoms with van der Waals surface area (Å²) in [6, 6.07) is 3.86. The minimum absolute atomic E-state index is 0.222. The van der Waals surface area contributed by atoms with Gasteiger partial charge in [-0.15, -0.1) is 5.10 Å². The molecule has 1 aromatic rings. The Kier molecular flexibility index (Phi) is 4.65. The van der Waals surface area contributed by atoms with Gasteiger partial charge in [-0.1, -0.05) is 11.8 Å². The van der Waals surface area contributed by atoms with Crippen LogP contribution in [0, 0.1) is 0 Å². The third-order valence-corrected chi connectivity index (χ3v) is 4.64. The van der Waals surface area contributed by atoms with Gasteiger partial charge in [0.2, 0.25) is 5.91 Å². The van der Waals surface area contributed by atoms with E-state index in [1.165, 1.54) is 18.2 Å². The maximum Gasteiger partial charge on any atom is 0.232 e. The minimum Gasteiger partial charge on any atom is -0.342 e. The molecule has 0 radical (unpaired) electrons. The summed E-state index contributed by atoms with van der Waals surface area (Å²) in [5, 5.41) is 9.32. The van der Waals surface area contributed by atoms with Gasteiger partial charge in [-0.3, -0.25) is 9.78 Å². The van der Waals surface area contributed by atoms with Gasteiger partial charge in [-0.25, -0.2) is 0 Å². The summed E-state index contributed by atoms with van der Waals surface area (Å²) < 4.78 is 0. The molecule has 0 saturated carbocycles. The molecule has 21 heavy (non-hydrogen) atoms. The molecule has 2 aliphatic rings. The highest BCUT2D eigenvalue weighted by Gasteiger charge is 2.19. The number of pyridine rings is 1. The van der Waals surface area contributed by atoms with Crippen LogP contribution >= 0.6 is 11.8 Å². The smallest absolute Gasteiger partial charge is 0.232 e. The van der Waals surface area contributed by atoms with Gasteiger partial charge in [0.1, 0.15) is 5.04 Å². The Morgan fingerprint density at radius 3 is 2.67 bits per heavy atom. The van der Waals surface area contributed by atoms with Crippen molar-refractivity contribution in [1.29, 1.82) is 0 Å². The quantitative estimate of drug-likeness (QED) is 0.861. The number of thioether (sulfide) groups is 1. The fraction of sp³-hybridized carbons (Fsp3) is 0.467. The Morgan fingerprint density at radius 1 is 1.14 bits per heavy atom. The van der Waals surface area contributed by atoms with Crippen LogP contribution in [-0.4, -0.2) is 45.4 Å². The Labute approximate surface area is 128 Å². The molecular formula is C15H18N4OS. The van der Waals surface area contributed by atoms with E-state index in [0.717, 1.165) is 42.3 Å². The van der Waals surface area contributed by atoms with Gasteiger partial charge in [0, 0.05) is 37.5 Å². The van der Waals surface area contributed by atoms with Crippen LogP contribution in [0.3, 0.4) is 0 Å². The molecule has 3 heterocycles. The van der Waals surface area contributed by atoms with Gasteiger partial charge >= 0.3 is 0 Å². The standard InChI is InChI=1S/C15H18N4OS/c20-15(19-8-2-1-3-9-19)11-21-14-10-13(17-18-14)12-4-6-16-7-5-12/h4-7H,1-3,8-11H2. The van der Waals surface area contributed by atoms with E-state index in [0.29, 0.717) is 12.2 Å². The predicted molar refractivity (Wildman–Crippen MR) is 85.7 cm³/mol. The first kappa shape index (κ1) is 14.3. The fourth-order valence-electron chi connectivity index (χ4n) is 2.49. The lowest BCUT2D eigenvalue weighted by atomic mass is 10.1. The van der Waals surface area contributed by atoms with Crippen molar-refractivity contribution in [3.63, 3.8) is 0 Å². The zero-order chi connectivity index (χ0) is 14.5. The van der Waals surface area contributed by atoms with Crippen LogP contribution < -0.4 is 0 Å². The number of carbonyl (C=O) groups is 1. The van der Waals surface area contributed by atoms with Crippen LogP contribution in [0.25, 0.3) is 0 Å². The highest BCUT2D eigenvalue weighted by molar-refractivity contribution is 8.14. The monoisotopic (exact) mass is 302 g/mol. The minimum atomic E-state index is 0.222. The van der Waals surface area contributed by atoms with E-state index in [4.69, 9.17) is 0 Å². The largest absolute Gasteiger partial charge is 0.342 e. The van der Waals surface area contributed by atoms with Crippen LogP contribution in [0.4, 0.5) is 0 Å². The van der Waals surface area contributed by atoms with E-state index in [1.807, 2.05) is 17.0 Å². The molecule has 0 bridgehead atoms. The van der Waals surface area contributed by atoms with E-state index in [9.17, 15) is 4.79 Å². The van der Waals surface area contributed by atoms with Crippen molar-refractivity contribution in [2.45, 2.75) is 25.7 Å². The van der Waals surface area contributed by atoms with Crippen molar-refractivity contribution in [2.24, 2.45) is 10.2 Å². The van der Waals surface area contributed by atoms with Crippen LogP contribution in [0.5, 0.6) is 0 Å². The van der Waals surface area contributed by atoms with E-state index in [1.54, 1.807) is 12.4 Å². The topological polar surface area (TPSA) is 57.9 Å². The van der Waals surface area contributed by atoms with Crippen molar-refractivity contribution < 1.29 is 4.79 Å². The Bertz CT molecular complexity index is 564. The van der Waals surface area contributed by atoms with Crippen molar-refractivity contribution in [2.75, 3.05) is 18.8 Å². The Balaban J connectivity index is 1.47. The van der Waals surface area contributed by atoms with Crippen molar-refractivity contribution in [3.8, 4) is 0 Å².